The van der Waals surface area contributed by atoms with Crippen molar-refractivity contribution in [2.24, 2.45) is 0 Å². The standard InChI is InChI=1S/C13H7NO4S.2H3N.H2O/c15-19(16)17-10-3-1-8-5-9-2-4-11(18-19)7-13(9)14-12(8)6-10;;;/h1-7H;2*1H3;1H2. The SMILES string of the molecule is N.N.O.O=S1(=O)Oc2ccc3cc4ccc(cc4nc3c2)O1. The van der Waals surface area contributed by atoms with Gasteiger partial charge in [-0.15, -0.1) is 8.42 Å². The molecule has 2 aromatic carbocycles. The number of hydrogen-bond donors (Lipinski definition) is 2. The summed E-state index contributed by atoms with van der Waals surface area (Å²) in [6.07, 6.45) is 0. The van der Waals surface area contributed by atoms with Gasteiger partial charge >= 0.3 is 10.4 Å². The van der Waals surface area contributed by atoms with Crippen LogP contribution in [0.15, 0.2) is 42.5 Å². The van der Waals surface area contributed by atoms with Crippen molar-refractivity contribution in [3.8, 4) is 11.5 Å². The van der Waals surface area contributed by atoms with Crippen molar-refractivity contribution in [3.05, 3.63) is 42.5 Å². The van der Waals surface area contributed by atoms with Crippen LogP contribution in [0.3, 0.4) is 0 Å². The van der Waals surface area contributed by atoms with Crippen LogP contribution >= 0.6 is 0 Å². The first-order chi connectivity index (χ1) is 9.09. The molecule has 1 aromatic heterocycles. The number of pyridine rings is 1. The van der Waals surface area contributed by atoms with Crippen molar-refractivity contribution >= 4 is 32.2 Å². The molecule has 8 nitrogen and oxygen atoms in total. The fourth-order valence-corrected chi connectivity index (χ4v) is 2.85. The summed E-state index contributed by atoms with van der Waals surface area (Å²) in [5.41, 5.74) is 1.36. The molecule has 0 aliphatic carbocycles. The van der Waals surface area contributed by atoms with E-state index in [1.165, 1.54) is 0 Å². The van der Waals surface area contributed by atoms with Crippen LogP contribution in [0.2, 0.25) is 0 Å². The molecule has 0 radical (unpaired) electrons. The smallest absolute Gasteiger partial charge is 0.412 e. The molecule has 3 aromatic rings. The Hall–Kier alpha value is -2.46. The highest BCUT2D eigenvalue weighted by atomic mass is 32.3. The van der Waals surface area contributed by atoms with Gasteiger partial charge in [-0.25, -0.2) is 4.98 Å². The van der Waals surface area contributed by atoms with E-state index in [9.17, 15) is 8.42 Å². The van der Waals surface area contributed by atoms with Gasteiger partial charge in [0.1, 0.15) is 11.5 Å². The molecule has 22 heavy (non-hydrogen) atoms. The first-order valence-electron chi connectivity index (χ1n) is 5.58. The van der Waals surface area contributed by atoms with E-state index < -0.39 is 10.4 Å². The Kier molecular flexibility index (Phi) is 4.58. The number of benzene rings is 2. The van der Waals surface area contributed by atoms with Crippen LogP contribution in [-0.2, 0) is 10.4 Å². The zero-order chi connectivity index (χ0) is 13.0. The van der Waals surface area contributed by atoms with Gasteiger partial charge in [0.15, 0.2) is 0 Å². The lowest BCUT2D eigenvalue weighted by Crippen LogP contribution is -2.16. The maximum absolute atomic E-state index is 11.7. The molecule has 118 valence electrons. The summed E-state index contributed by atoms with van der Waals surface area (Å²) in [5, 5.41) is 1.85. The van der Waals surface area contributed by atoms with Crippen LogP contribution in [0.25, 0.3) is 21.8 Å². The second-order valence-electron chi connectivity index (χ2n) is 4.27. The van der Waals surface area contributed by atoms with Crippen molar-refractivity contribution in [1.82, 2.24) is 17.3 Å². The maximum Gasteiger partial charge on any atom is 0.500 e. The van der Waals surface area contributed by atoms with Crippen LogP contribution < -0.4 is 20.7 Å². The monoisotopic (exact) mass is 325 g/mol. The predicted molar refractivity (Wildman–Crippen MR) is 83.1 cm³/mol. The van der Waals surface area contributed by atoms with E-state index in [1.807, 2.05) is 6.07 Å². The van der Waals surface area contributed by atoms with Gasteiger partial charge in [-0.05, 0) is 30.3 Å². The molecular weight excluding hydrogens is 310 g/mol. The minimum atomic E-state index is -4.12. The largest absolute Gasteiger partial charge is 0.500 e. The molecular formula is C13H15N3O5S. The second kappa shape index (κ2) is 5.73. The van der Waals surface area contributed by atoms with Crippen LogP contribution in [0.4, 0.5) is 0 Å². The summed E-state index contributed by atoms with van der Waals surface area (Å²) < 4.78 is 33.2. The minimum absolute atomic E-state index is 0. The molecule has 0 unspecified atom stereocenters. The Labute approximate surface area is 126 Å². The average Bonchev–Trinajstić information content (AvgIpc) is 2.34. The highest BCUT2D eigenvalue weighted by Gasteiger charge is 2.18. The van der Waals surface area contributed by atoms with E-state index in [0.717, 1.165) is 10.8 Å². The molecule has 2 heterocycles. The van der Waals surface area contributed by atoms with Crippen LogP contribution in [-0.4, -0.2) is 18.9 Å². The summed E-state index contributed by atoms with van der Waals surface area (Å²) >= 11 is 0. The predicted octanol–water partition coefficient (Wildman–Crippen LogP) is 1.90. The fraction of sp³-hybridized carbons (Fsp3) is 0. The summed E-state index contributed by atoms with van der Waals surface area (Å²) in [5.74, 6) is 0.369. The van der Waals surface area contributed by atoms with Gasteiger partial charge in [0.25, 0.3) is 0 Å². The molecule has 1 aliphatic heterocycles. The first kappa shape index (κ1) is 17.6. The third-order valence-electron chi connectivity index (χ3n) is 2.95. The van der Waals surface area contributed by atoms with Crippen LogP contribution in [0.1, 0.15) is 0 Å². The lowest BCUT2D eigenvalue weighted by atomic mass is 10.1. The van der Waals surface area contributed by atoms with E-state index in [-0.39, 0.29) is 29.3 Å². The number of rotatable bonds is 0. The Morgan fingerprint density at radius 1 is 0.773 bits per heavy atom. The molecule has 0 atom stereocenters. The van der Waals surface area contributed by atoms with E-state index in [2.05, 4.69) is 4.98 Å². The van der Waals surface area contributed by atoms with Gasteiger partial charge in [0, 0.05) is 22.9 Å². The number of hydrogen-bond acceptors (Lipinski definition) is 7. The zero-order valence-corrected chi connectivity index (χ0v) is 12.3. The molecule has 4 bridgehead atoms. The van der Waals surface area contributed by atoms with Gasteiger partial charge in [-0.1, -0.05) is 0 Å². The fourth-order valence-electron chi connectivity index (χ4n) is 2.14. The highest BCUT2D eigenvalue weighted by Crippen LogP contribution is 2.29. The molecule has 0 spiro atoms. The Balaban J connectivity index is 0.000000807. The Bertz CT molecular complexity index is 876. The summed E-state index contributed by atoms with van der Waals surface area (Å²) in [7, 11) is -4.12. The molecule has 0 fully saturated rings. The van der Waals surface area contributed by atoms with Crippen molar-refractivity contribution in [2.45, 2.75) is 0 Å². The summed E-state index contributed by atoms with van der Waals surface area (Å²) in [6, 6.07) is 11.8. The molecule has 1 aliphatic rings. The molecule has 9 heteroatoms. The van der Waals surface area contributed by atoms with Gasteiger partial charge < -0.3 is 26.1 Å². The van der Waals surface area contributed by atoms with Crippen molar-refractivity contribution in [3.63, 3.8) is 0 Å². The maximum atomic E-state index is 11.7. The molecule has 4 rings (SSSR count). The number of aromatic nitrogens is 1. The van der Waals surface area contributed by atoms with Gasteiger partial charge in [-0.2, -0.15) is 0 Å². The molecule has 0 saturated heterocycles. The molecule has 8 N–H and O–H groups in total. The normalized spacial score (nSPS) is 13.8. The molecule has 0 saturated carbocycles. The summed E-state index contributed by atoms with van der Waals surface area (Å²) in [6.45, 7) is 0. The van der Waals surface area contributed by atoms with Crippen LogP contribution in [0, 0.1) is 0 Å². The second-order valence-corrected chi connectivity index (χ2v) is 5.42. The third-order valence-corrected chi connectivity index (χ3v) is 3.75. The lowest BCUT2D eigenvalue weighted by Gasteiger charge is -2.11. The minimum Gasteiger partial charge on any atom is -0.412 e. The average molecular weight is 325 g/mol. The topological polar surface area (TPSA) is 167 Å². The number of nitrogens with zero attached hydrogens (tertiary/aromatic N) is 1. The zero-order valence-electron chi connectivity index (χ0n) is 11.4. The van der Waals surface area contributed by atoms with E-state index >= 15 is 0 Å². The third kappa shape index (κ3) is 2.78. The van der Waals surface area contributed by atoms with E-state index in [1.54, 1.807) is 36.4 Å². The lowest BCUT2D eigenvalue weighted by molar-refractivity contribution is 0.393. The summed E-state index contributed by atoms with van der Waals surface area (Å²) in [4.78, 5) is 4.47. The Morgan fingerprint density at radius 3 is 1.68 bits per heavy atom. The molecule has 0 amide bonds. The van der Waals surface area contributed by atoms with Gasteiger partial charge in [0.05, 0.1) is 11.0 Å². The Morgan fingerprint density at radius 2 is 1.23 bits per heavy atom. The van der Waals surface area contributed by atoms with Crippen LogP contribution in [0.5, 0.6) is 11.5 Å². The van der Waals surface area contributed by atoms with E-state index in [0.29, 0.717) is 11.0 Å². The van der Waals surface area contributed by atoms with Gasteiger partial charge in [0.2, 0.25) is 0 Å². The quantitative estimate of drug-likeness (QED) is 0.595. The van der Waals surface area contributed by atoms with Crippen molar-refractivity contribution < 1.29 is 22.3 Å². The number of fused-ring (bicyclic) bond motifs is 2. The van der Waals surface area contributed by atoms with E-state index in [4.69, 9.17) is 8.37 Å². The van der Waals surface area contributed by atoms with Crippen molar-refractivity contribution in [2.75, 3.05) is 0 Å². The van der Waals surface area contributed by atoms with Crippen molar-refractivity contribution in [1.29, 1.82) is 0 Å². The highest BCUT2D eigenvalue weighted by molar-refractivity contribution is 7.82. The first-order valence-corrected chi connectivity index (χ1v) is 6.91. The van der Waals surface area contributed by atoms with Gasteiger partial charge in [-0.3, -0.25) is 0 Å².